The van der Waals surface area contributed by atoms with Gasteiger partial charge in [0.2, 0.25) is 0 Å². The summed E-state index contributed by atoms with van der Waals surface area (Å²) in [6.07, 6.45) is -4.94. The van der Waals surface area contributed by atoms with Crippen molar-refractivity contribution in [2.24, 2.45) is 0 Å². The summed E-state index contributed by atoms with van der Waals surface area (Å²) in [5, 5.41) is 1.71. The van der Waals surface area contributed by atoms with Crippen LogP contribution in [0.25, 0.3) is 0 Å². The van der Waals surface area contributed by atoms with E-state index in [0.717, 1.165) is 0 Å². The molecule has 20 heavy (non-hydrogen) atoms. The minimum Gasteiger partial charge on any atom is -0.494 e. The number of ketones is 1. The van der Waals surface area contributed by atoms with E-state index in [1.807, 2.05) is 0 Å². The van der Waals surface area contributed by atoms with E-state index in [1.165, 1.54) is 6.07 Å². The molecular weight excluding hydrogens is 275 g/mol. The van der Waals surface area contributed by atoms with Gasteiger partial charge < -0.3 is 10.1 Å². The fourth-order valence-corrected chi connectivity index (χ4v) is 2.08. The minimum atomic E-state index is -4.99. The third-order valence-corrected chi connectivity index (χ3v) is 2.96. The van der Waals surface area contributed by atoms with Gasteiger partial charge in [-0.2, -0.15) is 13.2 Å². The summed E-state index contributed by atoms with van der Waals surface area (Å²) >= 11 is 0. The lowest BCUT2D eigenvalue weighted by Crippen LogP contribution is -2.45. The molecule has 1 unspecified atom stereocenters. The largest absolute Gasteiger partial charge is 0.494 e. The maximum Gasteiger partial charge on any atom is 0.471 e. The molecule has 0 fully saturated rings. The van der Waals surface area contributed by atoms with Crippen molar-refractivity contribution < 1.29 is 27.5 Å². The van der Waals surface area contributed by atoms with Crippen molar-refractivity contribution in [2.75, 3.05) is 6.61 Å². The number of carbonyl (C=O) groups excluding carboxylic acids is 2. The van der Waals surface area contributed by atoms with Gasteiger partial charge in [0, 0.05) is 12.0 Å². The number of alkyl halides is 3. The molecule has 0 heterocycles. The van der Waals surface area contributed by atoms with Crippen LogP contribution in [0.4, 0.5) is 13.2 Å². The van der Waals surface area contributed by atoms with Crippen LogP contribution in [0.1, 0.15) is 22.8 Å². The molecule has 4 nitrogen and oxygen atoms in total. The zero-order chi connectivity index (χ0) is 14.9. The van der Waals surface area contributed by atoms with Crippen LogP contribution in [-0.4, -0.2) is 30.5 Å². The van der Waals surface area contributed by atoms with Crippen molar-refractivity contribution >= 4 is 11.7 Å². The second-order valence-electron chi connectivity index (χ2n) is 4.34. The van der Waals surface area contributed by atoms with Gasteiger partial charge in [0.05, 0.1) is 12.6 Å². The second kappa shape index (κ2) is 5.15. The van der Waals surface area contributed by atoms with Crippen LogP contribution >= 0.6 is 0 Å². The molecule has 1 N–H and O–H groups in total. The molecule has 108 valence electrons. The average molecular weight is 287 g/mol. The first kappa shape index (κ1) is 14.4. The molecule has 0 bridgehead atoms. The van der Waals surface area contributed by atoms with E-state index in [4.69, 9.17) is 4.74 Å². The highest BCUT2D eigenvalue weighted by atomic mass is 19.4. The van der Waals surface area contributed by atoms with E-state index in [2.05, 4.69) is 0 Å². The zero-order valence-electron chi connectivity index (χ0n) is 10.6. The van der Waals surface area contributed by atoms with Gasteiger partial charge in [-0.05, 0) is 24.6 Å². The van der Waals surface area contributed by atoms with Crippen molar-refractivity contribution in [2.45, 2.75) is 25.6 Å². The Labute approximate surface area is 112 Å². The van der Waals surface area contributed by atoms with E-state index in [-0.39, 0.29) is 6.42 Å². The van der Waals surface area contributed by atoms with E-state index >= 15 is 0 Å². The van der Waals surface area contributed by atoms with Crippen LogP contribution in [-0.2, 0) is 11.2 Å². The van der Waals surface area contributed by atoms with Crippen LogP contribution in [0.3, 0.4) is 0 Å². The molecule has 0 saturated heterocycles. The normalized spacial score (nSPS) is 17.8. The van der Waals surface area contributed by atoms with Gasteiger partial charge in [-0.25, -0.2) is 0 Å². The zero-order valence-corrected chi connectivity index (χ0v) is 10.6. The number of fused-ring (bicyclic) bond motifs is 1. The molecule has 1 aliphatic rings. The summed E-state index contributed by atoms with van der Waals surface area (Å²) in [7, 11) is 0. The van der Waals surface area contributed by atoms with Crippen LogP contribution in [0.5, 0.6) is 5.75 Å². The van der Waals surface area contributed by atoms with Crippen molar-refractivity contribution in [3.63, 3.8) is 0 Å². The lowest BCUT2D eigenvalue weighted by molar-refractivity contribution is -0.174. The molecule has 0 spiro atoms. The number of halogens is 3. The van der Waals surface area contributed by atoms with Crippen LogP contribution in [0.15, 0.2) is 18.2 Å². The minimum absolute atomic E-state index is 0.0579. The SMILES string of the molecule is CCOc1ccc2c(c1)C(=O)C(NC(=O)C(F)(F)F)C2. The molecule has 7 heteroatoms. The van der Waals surface area contributed by atoms with Crippen molar-refractivity contribution in [3.05, 3.63) is 29.3 Å². The highest BCUT2D eigenvalue weighted by Gasteiger charge is 2.42. The molecule has 0 radical (unpaired) electrons. The first-order valence-corrected chi connectivity index (χ1v) is 6.00. The van der Waals surface area contributed by atoms with Crippen LogP contribution in [0, 0.1) is 0 Å². The van der Waals surface area contributed by atoms with Gasteiger partial charge in [-0.1, -0.05) is 6.07 Å². The summed E-state index contributed by atoms with van der Waals surface area (Å²) in [6.45, 7) is 2.20. The van der Waals surface area contributed by atoms with Gasteiger partial charge in [-0.3, -0.25) is 9.59 Å². The number of ether oxygens (including phenoxy) is 1. The Balaban J connectivity index is 2.15. The van der Waals surface area contributed by atoms with Gasteiger partial charge in [0.15, 0.2) is 5.78 Å². The molecule has 1 aromatic rings. The summed E-state index contributed by atoms with van der Waals surface area (Å²) < 4.78 is 41.8. The Morgan fingerprint density at radius 3 is 2.75 bits per heavy atom. The molecule has 0 aliphatic heterocycles. The van der Waals surface area contributed by atoms with E-state index in [9.17, 15) is 22.8 Å². The molecular formula is C13H12F3NO3. The number of hydrogen-bond acceptors (Lipinski definition) is 3. The lowest BCUT2D eigenvalue weighted by atomic mass is 10.1. The predicted molar refractivity (Wildman–Crippen MR) is 63.6 cm³/mol. The fraction of sp³-hybridized carbons (Fsp3) is 0.385. The van der Waals surface area contributed by atoms with Gasteiger partial charge in [-0.15, -0.1) is 0 Å². The van der Waals surface area contributed by atoms with E-state index < -0.39 is 23.9 Å². The quantitative estimate of drug-likeness (QED) is 0.923. The Morgan fingerprint density at radius 1 is 1.45 bits per heavy atom. The number of carbonyl (C=O) groups is 2. The summed E-state index contributed by atoms with van der Waals surface area (Å²) in [5.41, 5.74) is 0.898. The molecule has 1 atom stereocenters. The van der Waals surface area contributed by atoms with Crippen molar-refractivity contribution in [1.29, 1.82) is 0 Å². The highest BCUT2D eigenvalue weighted by molar-refractivity contribution is 6.06. The fourth-order valence-electron chi connectivity index (χ4n) is 2.08. The first-order chi connectivity index (χ1) is 9.32. The topological polar surface area (TPSA) is 55.4 Å². The number of nitrogens with one attached hydrogen (secondary N) is 1. The maximum atomic E-state index is 12.2. The number of Topliss-reactive ketones (excluding diaryl/α,β-unsaturated/α-hetero) is 1. The molecule has 1 aromatic carbocycles. The monoisotopic (exact) mass is 287 g/mol. The third kappa shape index (κ3) is 2.76. The Hall–Kier alpha value is -2.05. The summed E-state index contributed by atoms with van der Waals surface area (Å²) in [5.74, 6) is -2.16. The Morgan fingerprint density at radius 2 is 2.15 bits per heavy atom. The summed E-state index contributed by atoms with van der Waals surface area (Å²) in [4.78, 5) is 22.9. The Kier molecular flexibility index (Phi) is 3.69. The van der Waals surface area contributed by atoms with Gasteiger partial charge in [0.1, 0.15) is 5.75 Å². The Bertz CT molecular complexity index is 554. The van der Waals surface area contributed by atoms with Crippen LogP contribution in [0.2, 0.25) is 0 Å². The first-order valence-electron chi connectivity index (χ1n) is 6.00. The number of hydrogen-bond donors (Lipinski definition) is 1. The van der Waals surface area contributed by atoms with Gasteiger partial charge >= 0.3 is 12.1 Å². The standard InChI is InChI=1S/C13H12F3NO3/c1-2-20-8-4-3-7-5-10(11(18)9(7)6-8)17-12(19)13(14,15)16/h3-4,6,10H,2,5H2,1H3,(H,17,19). The molecule has 0 saturated carbocycles. The second-order valence-corrected chi connectivity index (χ2v) is 4.34. The number of benzene rings is 1. The molecule has 1 aliphatic carbocycles. The highest BCUT2D eigenvalue weighted by Crippen LogP contribution is 2.27. The van der Waals surface area contributed by atoms with Gasteiger partial charge in [0.25, 0.3) is 0 Å². The smallest absolute Gasteiger partial charge is 0.471 e. The third-order valence-electron chi connectivity index (χ3n) is 2.96. The molecule has 1 amide bonds. The number of rotatable bonds is 3. The van der Waals surface area contributed by atoms with Crippen molar-refractivity contribution in [1.82, 2.24) is 5.32 Å². The van der Waals surface area contributed by atoms with E-state index in [1.54, 1.807) is 24.4 Å². The summed E-state index contributed by atoms with van der Waals surface area (Å²) in [6, 6.07) is 3.58. The maximum absolute atomic E-state index is 12.2. The van der Waals surface area contributed by atoms with Crippen LogP contribution < -0.4 is 10.1 Å². The molecule has 0 aromatic heterocycles. The average Bonchev–Trinajstić information content (AvgIpc) is 2.66. The number of amides is 1. The molecule has 2 rings (SSSR count). The predicted octanol–water partition coefficient (Wildman–Crippen LogP) is 1.87. The van der Waals surface area contributed by atoms with Crippen molar-refractivity contribution in [3.8, 4) is 5.75 Å². The lowest BCUT2D eigenvalue weighted by Gasteiger charge is -2.12. The van der Waals surface area contributed by atoms with E-state index in [0.29, 0.717) is 23.5 Å².